The Morgan fingerprint density at radius 1 is 1.20 bits per heavy atom. The molecule has 0 radical (unpaired) electrons. The summed E-state index contributed by atoms with van der Waals surface area (Å²) in [5, 5.41) is 4.18. The number of nitrogens with two attached hydrogens (primary N) is 1. The Hall–Kier alpha value is -1.84. The van der Waals surface area contributed by atoms with Crippen LogP contribution in [0.15, 0.2) is 22.7 Å². The summed E-state index contributed by atoms with van der Waals surface area (Å²) in [6.45, 7) is 4.30. The van der Waals surface area contributed by atoms with Gasteiger partial charge < -0.3 is 10.3 Å². The van der Waals surface area contributed by atoms with Gasteiger partial charge in [0.1, 0.15) is 0 Å². The molecular formula is C16H21N3O. The van der Waals surface area contributed by atoms with Gasteiger partial charge in [0.05, 0.1) is 0 Å². The molecule has 1 aromatic carbocycles. The molecule has 106 valence electrons. The Bertz CT molecular complexity index is 598. The van der Waals surface area contributed by atoms with E-state index in [0.717, 1.165) is 28.6 Å². The molecule has 1 aromatic heterocycles. The van der Waals surface area contributed by atoms with Crippen molar-refractivity contribution in [1.82, 2.24) is 10.1 Å². The lowest BCUT2D eigenvalue weighted by molar-refractivity contribution is 0.329. The number of benzene rings is 1. The SMILES string of the molecule is Cc1cc(-c2nc(C3CCC(C)CC3)no2)ccc1N. The van der Waals surface area contributed by atoms with Crippen LogP contribution < -0.4 is 5.73 Å². The molecule has 0 saturated heterocycles. The largest absolute Gasteiger partial charge is 0.399 e. The number of nitrogens with zero attached hydrogens (tertiary/aromatic N) is 2. The predicted octanol–water partition coefficient (Wildman–Crippen LogP) is 3.92. The summed E-state index contributed by atoms with van der Waals surface area (Å²) >= 11 is 0. The molecule has 1 heterocycles. The van der Waals surface area contributed by atoms with Crippen molar-refractivity contribution in [2.24, 2.45) is 5.92 Å². The molecule has 0 aliphatic heterocycles. The fraction of sp³-hybridized carbons (Fsp3) is 0.500. The van der Waals surface area contributed by atoms with Crippen LogP contribution in [0.1, 0.15) is 49.9 Å². The summed E-state index contributed by atoms with van der Waals surface area (Å²) in [5.74, 6) is 2.75. The van der Waals surface area contributed by atoms with Crippen molar-refractivity contribution >= 4 is 5.69 Å². The second kappa shape index (κ2) is 5.27. The molecule has 0 atom stereocenters. The van der Waals surface area contributed by atoms with Crippen LogP contribution >= 0.6 is 0 Å². The Balaban J connectivity index is 1.81. The van der Waals surface area contributed by atoms with E-state index in [4.69, 9.17) is 10.3 Å². The van der Waals surface area contributed by atoms with Gasteiger partial charge in [-0.25, -0.2) is 0 Å². The monoisotopic (exact) mass is 271 g/mol. The summed E-state index contributed by atoms with van der Waals surface area (Å²) in [6.07, 6.45) is 4.85. The first-order valence-corrected chi connectivity index (χ1v) is 7.33. The minimum Gasteiger partial charge on any atom is -0.399 e. The molecule has 4 heteroatoms. The molecular weight excluding hydrogens is 250 g/mol. The van der Waals surface area contributed by atoms with Crippen LogP contribution in [0.25, 0.3) is 11.5 Å². The van der Waals surface area contributed by atoms with Crippen molar-refractivity contribution in [3.8, 4) is 11.5 Å². The zero-order chi connectivity index (χ0) is 14.1. The average Bonchev–Trinajstić information content (AvgIpc) is 2.92. The first kappa shape index (κ1) is 13.2. The third-order valence-corrected chi connectivity index (χ3v) is 4.34. The molecule has 1 aliphatic rings. The van der Waals surface area contributed by atoms with Gasteiger partial charge in [0, 0.05) is 17.2 Å². The Kier molecular flexibility index (Phi) is 3.47. The van der Waals surface area contributed by atoms with Crippen LogP contribution in [-0.4, -0.2) is 10.1 Å². The topological polar surface area (TPSA) is 64.9 Å². The van der Waals surface area contributed by atoms with E-state index in [0.29, 0.717) is 11.8 Å². The first-order chi connectivity index (χ1) is 9.63. The number of nitrogen functional groups attached to an aromatic ring is 1. The lowest BCUT2D eigenvalue weighted by Gasteiger charge is -2.23. The van der Waals surface area contributed by atoms with Crippen molar-refractivity contribution < 1.29 is 4.52 Å². The van der Waals surface area contributed by atoms with E-state index in [1.165, 1.54) is 25.7 Å². The van der Waals surface area contributed by atoms with Crippen molar-refractivity contribution in [3.05, 3.63) is 29.6 Å². The van der Waals surface area contributed by atoms with E-state index < -0.39 is 0 Å². The molecule has 3 rings (SSSR count). The number of hydrogen-bond acceptors (Lipinski definition) is 4. The van der Waals surface area contributed by atoms with E-state index in [2.05, 4.69) is 17.1 Å². The fourth-order valence-corrected chi connectivity index (χ4v) is 2.84. The summed E-state index contributed by atoms with van der Waals surface area (Å²) in [5.41, 5.74) is 8.60. The summed E-state index contributed by atoms with van der Waals surface area (Å²) in [4.78, 5) is 4.58. The molecule has 20 heavy (non-hydrogen) atoms. The first-order valence-electron chi connectivity index (χ1n) is 7.33. The van der Waals surface area contributed by atoms with Gasteiger partial charge in [0.2, 0.25) is 0 Å². The summed E-state index contributed by atoms with van der Waals surface area (Å²) in [6, 6.07) is 5.81. The highest BCUT2D eigenvalue weighted by atomic mass is 16.5. The maximum absolute atomic E-state index is 5.84. The second-order valence-electron chi connectivity index (χ2n) is 5.99. The highest BCUT2D eigenvalue weighted by Crippen LogP contribution is 2.35. The molecule has 0 unspecified atom stereocenters. The van der Waals surface area contributed by atoms with Gasteiger partial charge in [-0.1, -0.05) is 24.9 Å². The van der Waals surface area contributed by atoms with Crippen molar-refractivity contribution in [3.63, 3.8) is 0 Å². The zero-order valence-electron chi connectivity index (χ0n) is 12.1. The van der Waals surface area contributed by atoms with Gasteiger partial charge in [0.15, 0.2) is 5.82 Å². The number of aryl methyl sites for hydroxylation is 1. The zero-order valence-corrected chi connectivity index (χ0v) is 12.1. The molecule has 2 N–H and O–H groups in total. The highest BCUT2D eigenvalue weighted by molar-refractivity contribution is 5.60. The Labute approximate surface area is 119 Å². The van der Waals surface area contributed by atoms with Gasteiger partial charge >= 0.3 is 0 Å². The average molecular weight is 271 g/mol. The lowest BCUT2D eigenvalue weighted by atomic mass is 9.83. The lowest BCUT2D eigenvalue weighted by Crippen LogP contribution is -2.11. The van der Waals surface area contributed by atoms with E-state index in [9.17, 15) is 0 Å². The van der Waals surface area contributed by atoms with Gasteiger partial charge in [-0.15, -0.1) is 0 Å². The van der Waals surface area contributed by atoms with Gasteiger partial charge in [-0.2, -0.15) is 4.98 Å². The highest BCUT2D eigenvalue weighted by Gasteiger charge is 2.24. The minimum atomic E-state index is 0.457. The molecule has 2 aromatic rings. The molecule has 1 aliphatic carbocycles. The van der Waals surface area contributed by atoms with Crippen molar-refractivity contribution in [2.45, 2.75) is 45.4 Å². The molecule has 0 amide bonds. The number of anilines is 1. The standard InChI is InChI=1S/C16H21N3O/c1-10-3-5-12(6-4-10)15-18-16(20-19-15)13-7-8-14(17)11(2)9-13/h7-10,12H,3-6,17H2,1-2H3. The van der Waals surface area contributed by atoms with Gasteiger partial charge in [-0.3, -0.25) is 0 Å². The molecule has 0 spiro atoms. The number of aromatic nitrogens is 2. The van der Waals surface area contributed by atoms with Crippen molar-refractivity contribution in [1.29, 1.82) is 0 Å². The number of rotatable bonds is 2. The smallest absolute Gasteiger partial charge is 0.257 e. The van der Waals surface area contributed by atoms with Crippen LogP contribution in [0.5, 0.6) is 0 Å². The van der Waals surface area contributed by atoms with Crippen LogP contribution in [0, 0.1) is 12.8 Å². The second-order valence-corrected chi connectivity index (χ2v) is 5.99. The van der Waals surface area contributed by atoms with Gasteiger partial charge in [0.25, 0.3) is 5.89 Å². The van der Waals surface area contributed by atoms with Crippen LogP contribution in [0.3, 0.4) is 0 Å². The van der Waals surface area contributed by atoms with Gasteiger partial charge in [-0.05, 0) is 49.4 Å². The van der Waals surface area contributed by atoms with Crippen LogP contribution in [-0.2, 0) is 0 Å². The quantitative estimate of drug-likeness (QED) is 0.841. The maximum atomic E-state index is 5.84. The minimum absolute atomic E-state index is 0.457. The summed E-state index contributed by atoms with van der Waals surface area (Å²) < 4.78 is 5.42. The Morgan fingerprint density at radius 2 is 1.95 bits per heavy atom. The van der Waals surface area contributed by atoms with E-state index in [-0.39, 0.29) is 0 Å². The fourth-order valence-electron chi connectivity index (χ4n) is 2.84. The van der Waals surface area contributed by atoms with E-state index in [1.807, 2.05) is 25.1 Å². The van der Waals surface area contributed by atoms with Crippen molar-refractivity contribution in [2.75, 3.05) is 5.73 Å². The third-order valence-electron chi connectivity index (χ3n) is 4.34. The Morgan fingerprint density at radius 3 is 2.65 bits per heavy atom. The number of hydrogen-bond donors (Lipinski definition) is 1. The summed E-state index contributed by atoms with van der Waals surface area (Å²) in [7, 11) is 0. The normalized spacial score (nSPS) is 22.9. The predicted molar refractivity (Wildman–Crippen MR) is 79.3 cm³/mol. The molecule has 1 fully saturated rings. The molecule has 1 saturated carbocycles. The molecule has 4 nitrogen and oxygen atoms in total. The van der Waals surface area contributed by atoms with Crippen LogP contribution in [0.4, 0.5) is 5.69 Å². The molecule has 0 bridgehead atoms. The van der Waals surface area contributed by atoms with Crippen LogP contribution in [0.2, 0.25) is 0 Å². The third kappa shape index (κ3) is 2.55. The maximum Gasteiger partial charge on any atom is 0.257 e. The van der Waals surface area contributed by atoms with E-state index >= 15 is 0 Å². The van der Waals surface area contributed by atoms with E-state index in [1.54, 1.807) is 0 Å².